The van der Waals surface area contributed by atoms with Crippen LogP contribution in [0.4, 0.5) is 0 Å². The van der Waals surface area contributed by atoms with Gasteiger partial charge in [0.1, 0.15) is 10.8 Å². The Labute approximate surface area is 209 Å². The lowest BCUT2D eigenvalue weighted by Gasteiger charge is -2.17. The van der Waals surface area contributed by atoms with Crippen molar-refractivity contribution in [3.63, 3.8) is 0 Å². The first-order valence-electron chi connectivity index (χ1n) is 11.7. The number of carboxylic acid groups (broad SMARTS) is 1. The Morgan fingerprint density at radius 1 is 1.32 bits per heavy atom. The summed E-state index contributed by atoms with van der Waals surface area (Å²) in [6, 6.07) is 12.0. The fourth-order valence-electron chi connectivity index (χ4n) is 4.45. The lowest BCUT2D eigenvalue weighted by molar-refractivity contribution is -0.141. The summed E-state index contributed by atoms with van der Waals surface area (Å²) in [7, 11) is 0. The van der Waals surface area contributed by atoms with Crippen LogP contribution in [0.1, 0.15) is 38.3 Å². The van der Waals surface area contributed by atoms with Crippen molar-refractivity contribution in [2.45, 2.75) is 46.1 Å². The lowest BCUT2D eigenvalue weighted by atomic mass is 9.96. The van der Waals surface area contributed by atoms with Crippen LogP contribution >= 0.6 is 23.1 Å². The fourth-order valence-corrected chi connectivity index (χ4v) is 5.34. The van der Waals surface area contributed by atoms with Crippen LogP contribution in [0.25, 0.3) is 22.0 Å². The van der Waals surface area contributed by atoms with Crippen LogP contribution in [-0.4, -0.2) is 51.1 Å². The highest BCUT2D eigenvalue weighted by Crippen LogP contribution is 2.34. The number of likely N-dealkylation sites (tertiary alicyclic amines) is 1. The van der Waals surface area contributed by atoms with E-state index in [2.05, 4.69) is 34.4 Å². The highest BCUT2D eigenvalue weighted by Gasteiger charge is 2.27. The summed E-state index contributed by atoms with van der Waals surface area (Å²) >= 11 is 7.79. The molecule has 0 saturated carbocycles. The monoisotopic (exact) mass is 499 g/mol. The van der Waals surface area contributed by atoms with Gasteiger partial charge in [-0.2, -0.15) is 4.37 Å². The van der Waals surface area contributed by atoms with Gasteiger partial charge in [-0.15, -0.1) is 0 Å². The Morgan fingerprint density at radius 3 is 2.82 bits per heavy atom. The maximum atomic E-state index is 11.3. The zero-order chi connectivity index (χ0) is 24.2. The SMILES string of the molecule is CCc1c(CCN2CCC(C(=O)O)C2)cccc1-c1nsc(-c2ccc(OC(C)C)c(Cl)c2)n1. The smallest absolute Gasteiger partial charge is 0.307 e. The zero-order valence-corrected chi connectivity index (χ0v) is 21.3. The molecule has 6 nitrogen and oxygen atoms in total. The van der Waals surface area contributed by atoms with Crippen molar-refractivity contribution in [3.05, 3.63) is 52.5 Å². The third-order valence-electron chi connectivity index (χ3n) is 6.15. The molecule has 1 unspecified atom stereocenters. The normalized spacial score (nSPS) is 16.3. The number of aromatic nitrogens is 2. The molecule has 2 aromatic carbocycles. The quantitative estimate of drug-likeness (QED) is 0.399. The molecule has 0 radical (unpaired) electrons. The predicted molar refractivity (Wildman–Crippen MR) is 137 cm³/mol. The van der Waals surface area contributed by atoms with Gasteiger partial charge in [-0.05, 0) is 80.5 Å². The molecule has 4 rings (SSSR count). The number of benzene rings is 2. The molecule has 1 aromatic heterocycles. The minimum atomic E-state index is -0.687. The van der Waals surface area contributed by atoms with Gasteiger partial charge in [-0.3, -0.25) is 4.79 Å². The van der Waals surface area contributed by atoms with E-state index in [1.54, 1.807) is 0 Å². The van der Waals surface area contributed by atoms with Gasteiger partial charge < -0.3 is 14.7 Å². The second-order valence-electron chi connectivity index (χ2n) is 8.91. The van der Waals surface area contributed by atoms with E-state index in [-0.39, 0.29) is 12.0 Å². The highest BCUT2D eigenvalue weighted by molar-refractivity contribution is 7.09. The number of hydrogen-bond acceptors (Lipinski definition) is 6. The van der Waals surface area contributed by atoms with Crippen molar-refractivity contribution in [2.24, 2.45) is 5.92 Å². The number of carboxylic acids is 1. The number of ether oxygens (including phenoxy) is 1. The third kappa shape index (κ3) is 5.59. The summed E-state index contributed by atoms with van der Waals surface area (Å²) in [5, 5.41) is 10.6. The number of carbonyl (C=O) groups is 1. The standard InChI is InChI=1S/C26H30ClN3O3S/c1-4-20-17(10-12-30-13-11-19(15-30)26(31)32)6-5-7-21(20)24-28-25(34-29-24)18-8-9-23(22(27)14-18)33-16(2)3/h5-9,14,16,19H,4,10-13,15H2,1-3H3,(H,31,32). The van der Waals surface area contributed by atoms with Crippen molar-refractivity contribution in [2.75, 3.05) is 19.6 Å². The fraction of sp³-hybridized carbons (Fsp3) is 0.423. The molecule has 180 valence electrons. The number of nitrogens with zero attached hydrogens (tertiary/aromatic N) is 3. The summed E-state index contributed by atoms with van der Waals surface area (Å²) < 4.78 is 10.4. The molecule has 1 fully saturated rings. The van der Waals surface area contributed by atoms with Crippen molar-refractivity contribution in [3.8, 4) is 27.7 Å². The van der Waals surface area contributed by atoms with E-state index in [9.17, 15) is 9.90 Å². The maximum Gasteiger partial charge on any atom is 0.307 e. The predicted octanol–water partition coefficient (Wildman–Crippen LogP) is 5.82. The van der Waals surface area contributed by atoms with E-state index in [4.69, 9.17) is 21.3 Å². The van der Waals surface area contributed by atoms with Crippen LogP contribution in [0.3, 0.4) is 0 Å². The molecule has 1 aliphatic rings. The van der Waals surface area contributed by atoms with E-state index in [1.807, 2.05) is 32.0 Å². The second-order valence-corrected chi connectivity index (χ2v) is 10.1. The van der Waals surface area contributed by atoms with Crippen LogP contribution < -0.4 is 4.74 Å². The minimum Gasteiger partial charge on any atom is -0.489 e. The third-order valence-corrected chi connectivity index (χ3v) is 7.21. The van der Waals surface area contributed by atoms with Crippen molar-refractivity contribution in [1.82, 2.24) is 14.3 Å². The number of halogens is 1. The molecule has 34 heavy (non-hydrogen) atoms. The maximum absolute atomic E-state index is 11.3. The molecule has 0 spiro atoms. The molecule has 1 saturated heterocycles. The van der Waals surface area contributed by atoms with Gasteiger partial charge in [0, 0.05) is 24.2 Å². The van der Waals surface area contributed by atoms with Crippen LogP contribution in [0.15, 0.2) is 36.4 Å². The summed E-state index contributed by atoms with van der Waals surface area (Å²) in [4.78, 5) is 18.3. The lowest BCUT2D eigenvalue weighted by Crippen LogP contribution is -2.25. The van der Waals surface area contributed by atoms with Gasteiger partial charge in [-0.25, -0.2) is 4.98 Å². The Bertz CT molecular complexity index is 1160. The molecular weight excluding hydrogens is 470 g/mol. The van der Waals surface area contributed by atoms with E-state index < -0.39 is 5.97 Å². The Kier molecular flexibility index (Phi) is 7.86. The van der Waals surface area contributed by atoms with E-state index >= 15 is 0 Å². The molecule has 1 atom stereocenters. The average molecular weight is 500 g/mol. The molecule has 1 aliphatic heterocycles. The summed E-state index contributed by atoms with van der Waals surface area (Å²) in [5.41, 5.74) is 4.49. The zero-order valence-electron chi connectivity index (χ0n) is 19.8. The number of rotatable bonds is 9. The van der Waals surface area contributed by atoms with Gasteiger partial charge >= 0.3 is 5.97 Å². The van der Waals surface area contributed by atoms with Gasteiger partial charge in [0.05, 0.1) is 17.0 Å². The molecule has 0 amide bonds. The van der Waals surface area contributed by atoms with Crippen molar-refractivity contribution < 1.29 is 14.6 Å². The Balaban J connectivity index is 1.52. The van der Waals surface area contributed by atoms with Gasteiger partial charge in [-0.1, -0.05) is 36.7 Å². The molecular formula is C26H30ClN3O3S. The van der Waals surface area contributed by atoms with E-state index in [0.29, 0.717) is 17.3 Å². The van der Waals surface area contributed by atoms with Crippen molar-refractivity contribution >= 4 is 29.1 Å². The Morgan fingerprint density at radius 2 is 2.15 bits per heavy atom. The first-order chi connectivity index (χ1) is 16.4. The van der Waals surface area contributed by atoms with Gasteiger partial charge in [0.2, 0.25) is 0 Å². The molecule has 1 N–H and O–H groups in total. The number of aliphatic carboxylic acids is 1. The van der Waals surface area contributed by atoms with Crippen LogP contribution in [0, 0.1) is 5.92 Å². The van der Waals surface area contributed by atoms with Gasteiger partial charge in [0.25, 0.3) is 0 Å². The first kappa shape index (κ1) is 24.6. The molecule has 0 bridgehead atoms. The average Bonchev–Trinajstić information content (AvgIpc) is 3.48. The summed E-state index contributed by atoms with van der Waals surface area (Å²) in [6.45, 7) is 8.44. The molecule has 8 heteroatoms. The van der Waals surface area contributed by atoms with E-state index in [0.717, 1.165) is 54.3 Å². The largest absolute Gasteiger partial charge is 0.489 e. The molecule has 2 heterocycles. The molecule has 3 aromatic rings. The topological polar surface area (TPSA) is 75.6 Å². The minimum absolute atomic E-state index is 0.0558. The second kappa shape index (κ2) is 10.8. The van der Waals surface area contributed by atoms with Crippen LogP contribution in [0.2, 0.25) is 5.02 Å². The molecule has 0 aliphatic carbocycles. The van der Waals surface area contributed by atoms with Crippen LogP contribution in [-0.2, 0) is 17.6 Å². The van der Waals surface area contributed by atoms with Gasteiger partial charge in [0.15, 0.2) is 5.82 Å². The van der Waals surface area contributed by atoms with E-state index in [1.165, 1.54) is 22.7 Å². The summed E-state index contributed by atoms with van der Waals surface area (Å²) in [6.07, 6.45) is 2.55. The first-order valence-corrected chi connectivity index (χ1v) is 12.9. The van der Waals surface area contributed by atoms with Crippen LogP contribution in [0.5, 0.6) is 5.75 Å². The summed E-state index contributed by atoms with van der Waals surface area (Å²) in [5.74, 6) is 0.463. The highest BCUT2D eigenvalue weighted by atomic mass is 35.5. The number of hydrogen-bond donors (Lipinski definition) is 1. The van der Waals surface area contributed by atoms with Crippen molar-refractivity contribution in [1.29, 1.82) is 0 Å². The Hall–Kier alpha value is -2.48.